The zero-order valence-corrected chi connectivity index (χ0v) is 27.6. The molecule has 0 fully saturated rings. The molecule has 0 radical (unpaired) electrons. The Kier molecular flexibility index (Phi) is 15.4. The number of aromatic nitrogens is 1. The van der Waals surface area contributed by atoms with Crippen LogP contribution in [-0.2, 0) is 41.6 Å². The van der Waals surface area contributed by atoms with Crippen LogP contribution in [0.4, 0.5) is 0 Å². The van der Waals surface area contributed by atoms with Crippen LogP contribution < -0.4 is 38.5 Å². The number of benzene rings is 2. The molecule has 50 heavy (non-hydrogen) atoms. The van der Waals surface area contributed by atoms with E-state index in [0.29, 0.717) is 24.9 Å². The summed E-state index contributed by atoms with van der Waals surface area (Å²) in [6.45, 7) is -0.482. The molecule has 0 unspecified atom stereocenters. The van der Waals surface area contributed by atoms with E-state index in [9.17, 15) is 39.0 Å². The van der Waals surface area contributed by atoms with Gasteiger partial charge in [0.05, 0.1) is 12.6 Å². The lowest BCUT2D eigenvalue weighted by atomic mass is 10.0. The second kappa shape index (κ2) is 19.6. The van der Waals surface area contributed by atoms with Crippen LogP contribution in [0.1, 0.15) is 43.2 Å². The number of primary amides is 1. The molecule has 13 N–H and O–H groups in total. The van der Waals surface area contributed by atoms with Crippen LogP contribution in [0.5, 0.6) is 0 Å². The third-order valence-electron chi connectivity index (χ3n) is 8.06. The first-order chi connectivity index (χ1) is 23.9. The van der Waals surface area contributed by atoms with Gasteiger partial charge < -0.3 is 53.7 Å². The van der Waals surface area contributed by atoms with Gasteiger partial charge in [0.25, 0.3) is 0 Å². The molecule has 3 aromatic rings. The predicted octanol–water partition coefficient (Wildman–Crippen LogP) is -1.31. The summed E-state index contributed by atoms with van der Waals surface area (Å²) in [5.74, 6) is -5.39. The number of carboxylic acids is 1. The Morgan fingerprint density at radius 3 is 1.98 bits per heavy atom. The second-order valence-corrected chi connectivity index (χ2v) is 11.9. The number of rotatable bonds is 21. The molecule has 0 saturated carbocycles. The summed E-state index contributed by atoms with van der Waals surface area (Å²) in [7, 11) is 0. The first-order valence-corrected chi connectivity index (χ1v) is 16.3. The van der Waals surface area contributed by atoms with E-state index < -0.39 is 72.3 Å². The van der Waals surface area contributed by atoms with Crippen molar-refractivity contribution in [2.45, 2.75) is 75.2 Å². The lowest BCUT2D eigenvalue weighted by Gasteiger charge is -2.26. The van der Waals surface area contributed by atoms with Gasteiger partial charge in [0.1, 0.15) is 24.2 Å². The molecule has 3 rings (SSSR count). The van der Waals surface area contributed by atoms with Crippen molar-refractivity contribution in [2.75, 3.05) is 13.2 Å². The summed E-state index contributed by atoms with van der Waals surface area (Å²) >= 11 is 0. The minimum absolute atomic E-state index is 0.0806. The number of nitrogens with one attached hydrogen (secondary N) is 5. The SMILES string of the molecule is NCCCC[C@H](NC(=O)[C@H](CCC(N)=O)NC(=O)[C@H](Cc1c[nH]c2ccccc12)NC(=O)[C@H](CO)NC(=O)[C@@H](N)Cc1ccccc1)C(=O)O. The highest BCUT2D eigenvalue weighted by Gasteiger charge is 2.32. The van der Waals surface area contributed by atoms with Crippen molar-refractivity contribution in [2.24, 2.45) is 17.2 Å². The number of carboxylic acid groups (broad SMARTS) is 1. The molecule has 16 nitrogen and oxygen atoms in total. The Morgan fingerprint density at radius 2 is 1.32 bits per heavy atom. The number of aliphatic hydroxyl groups is 1. The number of carbonyl (C=O) groups excluding carboxylic acids is 5. The summed E-state index contributed by atoms with van der Waals surface area (Å²) in [6, 6.07) is 9.62. The topological polar surface area (TPSA) is 285 Å². The number of fused-ring (bicyclic) bond motifs is 1. The maximum absolute atomic E-state index is 13.8. The lowest BCUT2D eigenvalue weighted by molar-refractivity contribution is -0.142. The molecular weight excluding hydrogens is 648 g/mol. The van der Waals surface area contributed by atoms with Gasteiger partial charge in [0, 0.05) is 29.9 Å². The summed E-state index contributed by atoms with van der Waals surface area (Å²) in [5, 5.41) is 30.3. The largest absolute Gasteiger partial charge is 0.480 e. The molecule has 2 aromatic carbocycles. The third kappa shape index (κ3) is 12.0. The highest BCUT2D eigenvalue weighted by molar-refractivity contribution is 5.96. The Labute approximate surface area is 288 Å². The van der Waals surface area contributed by atoms with Gasteiger partial charge in [0.15, 0.2) is 0 Å². The Balaban J connectivity index is 1.82. The highest BCUT2D eigenvalue weighted by Crippen LogP contribution is 2.19. The molecule has 1 aromatic heterocycles. The van der Waals surface area contributed by atoms with Crippen LogP contribution in [0.15, 0.2) is 60.8 Å². The van der Waals surface area contributed by atoms with Gasteiger partial charge in [-0.1, -0.05) is 48.5 Å². The average molecular weight is 695 g/mol. The maximum Gasteiger partial charge on any atom is 0.326 e. The molecule has 5 amide bonds. The number of nitrogens with two attached hydrogens (primary N) is 3. The Bertz CT molecular complexity index is 1610. The van der Waals surface area contributed by atoms with Gasteiger partial charge in [-0.3, -0.25) is 24.0 Å². The van der Waals surface area contributed by atoms with Gasteiger partial charge >= 0.3 is 5.97 Å². The van der Waals surface area contributed by atoms with Gasteiger partial charge in [-0.15, -0.1) is 0 Å². The van der Waals surface area contributed by atoms with Crippen LogP contribution in [0.3, 0.4) is 0 Å². The number of unbranched alkanes of at least 4 members (excludes halogenated alkanes) is 1. The van der Waals surface area contributed by atoms with Crippen molar-refractivity contribution in [3.63, 3.8) is 0 Å². The monoisotopic (exact) mass is 694 g/mol. The van der Waals surface area contributed by atoms with Gasteiger partial charge in [-0.25, -0.2) is 4.79 Å². The van der Waals surface area contributed by atoms with Crippen LogP contribution in [0.2, 0.25) is 0 Å². The maximum atomic E-state index is 13.8. The summed E-state index contributed by atoms with van der Waals surface area (Å²) in [4.78, 5) is 80.0. The van der Waals surface area contributed by atoms with Gasteiger partial charge in [0.2, 0.25) is 29.5 Å². The average Bonchev–Trinajstić information content (AvgIpc) is 3.50. The Morgan fingerprint density at radius 1 is 0.720 bits per heavy atom. The number of carbonyl (C=O) groups is 6. The highest BCUT2D eigenvalue weighted by atomic mass is 16.4. The fourth-order valence-corrected chi connectivity index (χ4v) is 5.29. The van der Waals surface area contributed by atoms with Crippen LogP contribution in [0, 0.1) is 0 Å². The van der Waals surface area contributed by atoms with Crippen LogP contribution in [0.25, 0.3) is 10.9 Å². The van der Waals surface area contributed by atoms with Crippen molar-refractivity contribution in [1.29, 1.82) is 0 Å². The Hall–Kier alpha value is -5.32. The number of para-hydroxylation sites is 1. The number of hydrogen-bond donors (Lipinski definition) is 10. The molecule has 270 valence electrons. The number of hydrogen-bond acceptors (Lipinski definition) is 9. The number of aromatic amines is 1. The molecular formula is C34H46N8O8. The fourth-order valence-electron chi connectivity index (χ4n) is 5.29. The van der Waals surface area contributed by atoms with Crippen LogP contribution in [-0.4, -0.2) is 94.1 Å². The quantitative estimate of drug-likeness (QED) is 0.0588. The zero-order valence-electron chi connectivity index (χ0n) is 27.6. The first-order valence-electron chi connectivity index (χ1n) is 16.3. The van der Waals surface area contributed by atoms with E-state index in [1.165, 1.54) is 0 Å². The zero-order chi connectivity index (χ0) is 36.6. The minimum Gasteiger partial charge on any atom is -0.480 e. The number of H-pyrrole nitrogens is 1. The van der Waals surface area contributed by atoms with E-state index in [-0.39, 0.29) is 32.1 Å². The first kappa shape index (κ1) is 39.1. The normalized spacial score (nSPS) is 14.1. The smallest absolute Gasteiger partial charge is 0.326 e. The number of aliphatic hydroxyl groups excluding tert-OH is 1. The molecule has 0 aliphatic rings. The van der Waals surface area contributed by atoms with Crippen molar-refractivity contribution >= 4 is 46.4 Å². The molecule has 16 heteroatoms. The van der Waals surface area contributed by atoms with Crippen molar-refractivity contribution in [3.8, 4) is 0 Å². The van der Waals surface area contributed by atoms with E-state index in [0.717, 1.165) is 16.5 Å². The summed E-state index contributed by atoms with van der Waals surface area (Å²) < 4.78 is 0. The van der Waals surface area contributed by atoms with E-state index in [4.69, 9.17) is 17.2 Å². The van der Waals surface area contributed by atoms with Crippen molar-refractivity contribution in [3.05, 3.63) is 71.9 Å². The molecule has 1 heterocycles. The van der Waals surface area contributed by atoms with Gasteiger partial charge in [-0.2, -0.15) is 0 Å². The van der Waals surface area contributed by atoms with Crippen molar-refractivity contribution in [1.82, 2.24) is 26.3 Å². The number of amides is 5. The van der Waals surface area contributed by atoms with E-state index in [1.54, 1.807) is 36.5 Å². The van der Waals surface area contributed by atoms with E-state index >= 15 is 0 Å². The van der Waals surface area contributed by atoms with Crippen LogP contribution >= 0.6 is 0 Å². The molecule has 0 saturated heterocycles. The summed E-state index contributed by atoms with van der Waals surface area (Å²) in [5.41, 5.74) is 19.0. The number of aliphatic carboxylic acids is 1. The van der Waals surface area contributed by atoms with E-state index in [2.05, 4.69) is 26.3 Å². The molecule has 0 bridgehead atoms. The third-order valence-corrected chi connectivity index (χ3v) is 8.06. The van der Waals surface area contributed by atoms with E-state index in [1.807, 2.05) is 24.3 Å². The van der Waals surface area contributed by atoms with Gasteiger partial charge in [-0.05, 0) is 55.8 Å². The lowest BCUT2D eigenvalue weighted by Crippen LogP contribution is -2.59. The molecule has 0 aliphatic heterocycles. The molecule has 0 spiro atoms. The standard InChI is InChI=1S/C34H46N8O8/c35-15-7-6-12-26(34(49)50)40-31(46)25(13-14-29(37)44)39-32(47)27(17-21-18-38-24-11-5-4-10-22(21)24)41-33(48)28(19-43)42-30(45)23(36)16-20-8-2-1-3-9-20/h1-5,8-11,18,23,25-28,38,43H,6-7,12-17,19,35-36H2,(H2,37,44)(H,39,47)(H,40,46)(H,41,48)(H,42,45)(H,49,50)/t23-,25-,26-,27-,28-/m0/s1. The molecule has 0 aliphatic carbocycles. The molecule has 5 atom stereocenters. The predicted molar refractivity (Wildman–Crippen MR) is 184 cm³/mol. The minimum atomic E-state index is -1.48. The second-order valence-electron chi connectivity index (χ2n) is 11.9. The fraction of sp³-hybridized carbons (Fsp3) is 0.412. The summed E-state index contributed by atoms with van der Waals surface area (Å²) in [6.07, 6.45) is 2.19. The van der Waals surface area contributed by atoms with Crippen molar-refractivity contribution < 1.29 is 39.0 Å².